The monoisotopic (exact) mass is 405 g/mol. The molecule has 0 radical (unpaired) electrons. The molecule has 1 fully saturated rings. The van der Waals surface area contributed by atoms with Crippen LogP contribution >= 0.6 is 0 Å². The zero-order chi connectivity index (χ0) is 20.9. The topological polar surface area (TPSA) is 54.9 Å². The first-order valence-electron chi connectivity index (χ1n) is 10.4. The number of pyridine rings is 1. The van der Waals surface area contributed by atoms with Crippen molar-refractivity contribution in [1.82, 2.24) is 9.88 Å². The summed E-state index contributed by atoms with van der Waals surface area (Å²) in [7, 11) is 0. The molecule has 1 aliphatic heterocycles. The molecule has 1 aromatic heterocycles. The number of hydrogen-bond donors (Lipinski definition) is 0. The van der Waals surface area contributed by atoms with Crippen LogP contribution in [-0.2, 0) is 4.79 Å². The molecule has 2 aromatic carbocycles. The number of para-hydroxylation sites is 3. The van der Waals surface area contributed by atoms with Gasteiger partial charge in [0.05, 0.1) is 12.1 Å². The van der Waals surface area contributed by atoms with Crippen LogP contribution in [0.1, 0.15) is 12.5 Å². The number of piperazine rings is 1. The molecule has 1 amide bonds. The van der Waals surface area contributed by atoms with E-state index >= 15 is 0 Å². The van der Waals surface area contributed by atoms with Crippen LogP contribution in [0.15, 0.2) is 54.6 Å². The molecule has 3 aromatic rings. The third-order valence-corrected chi connectivity index (χ3v) is 5.37. The Labute approximate surface area is 177 Å². The van der Waals surface area contributed by atoms with Gasteiger partial charge in [-0.1, -0.05) is 30.3 Å². The zero-order valence-corrected chi connectivity index (χ0v) is 17.5. The van der Waals surface area contributed by atoms with Crippen LogP contribution in [-0.4, -0.2) is 55.2 Å². The molecule has 1 saturated heterocycles. The Hall–Kier alpha value is -3.28. The number of benzene rings is 2. The molecular weight excluding hydrogens is 378 g/mol. The van der Waals surface area contributed by atoms with Crippen molar-refractivity contribution in [2.75, 3.05) is 44.3 Å². The second kappa shape index (κ2) is 9.03. The number of amides is 1. The normalized spacial score (nSPS) is 14.1. The predicted molar refractivity (Wildman–Crippen MR) is 118 cm³/mol. The molecule has 4 rings (SSSR count). The van der Waals surface area contributed by atoms with Gasteiger partial charge in [-0.25, -0.2) is 4.98 Å². The first kappa shape index (κ1) is 20.0. The summed E-state index contributed by atoms with van der Waals surface area (Å²) in [6, 6.07) is 17.8. The molecule has 0 bridgehead atoms. The highest BCUT2D eigenvalue weighted by atomic mass is 16.5. The number of aryl methyl sites for hydroxylation is 1. The number of fused-ring (bicyclic) bond motifs is 1. The van der Waals surface area contributed by atoms with Crippen molar-refractivity contribution in [3.63, 3.8) is 0 Å². The predicted octanol–water partition coefficient (Wildman–Crippen LogP) is 3.67. The van der Waals surface area contributed by atoms with Gasteiger partial charge in [-0.2, -0.15) is 0 Å². The van der Waals surface area contributed by atoms with Crippen LogP contribution in [0.5, 0.6) is 11.5 Å². The fourth-order valence-electron chi connectivity index (χ4n) is 3.75. The van der Waals surface area contributed by atoms with E-state index in [1.807, 2.05) is 54.3 Å². The second-order valence-electron chi connectivity index (χ2n) is 7.35. The quantitative estimate of drug-likeness (QED) is 0.626. The number of hydrogen-bond acceptors (Lipinski definition) is 5. The Morgan fingerprint density at radius 2 is 1.63 bits per heavy atom. The molecule has 30 heavy (non-hydrogen) atoms. The molecule has 0 spiro atoms. The van der Waals surface area contributed by atoms with Crippen molar-refractivity contribution < 1.29 is 14.3 Å². The molecule has 6 nitrogen and oxygen atoms in total. The molecule has 1 aliphatic rings. The number of anilines is 1. The van der Waals surface area contributed by atoms with Gasteiger partial charge in [-0.15, -0.1) is 0 Å². The van der Waals surface area contributed by atoms with E-state index in [1.54, 1.807) is 0 Å². The number of carbonyl (C=O) groups excluding carboxylic acids is 1. The first-order valence-corrected chi connectivity index (χ1v) is 10.4. The third kappa shape index (κ3) is 4.32. The van der Waals surface area contributed by atoms with E-state index in [9.17, 15) is 4.79 Å². The summed E-state index contributed by atoms with van der Waals surface area (Å²) in [4.78, 5) is 21.6. The fraction of sp³-hybridized carbons (Fsp3) is 0.333. The van der Waals surface area contributed by atoms with Crippen molar-refractivity contribution in [3.8, 4) is 11.5 Å². The minimum Gasteiger partial charge on any atom is -0.490 e. The Morgan fingerprint density at radius 1 is 0.967 bits per heavy atom. The van der Waals surface area contributed by atoms with Crippen LogP contribution in [0.4, 0.5) is 5.82 Å². The highest BCUT2D eigenvalue weighted by Gasteiger charge is 2.23. The summed E-state index contributed by atoms with van der Waals surface area (Å²) in [5.74, 6) is 2.22. The summed E-state index contributed by atoms with van der Waals surface area (Å²) in [5.41, 5.74) is 2.22. The number of carbonyl (C=O) groups is 1. The van der Waals surface area contributed by atoms with Crippen molar-refractivity contribution in [3.05, 3.63) is 60.2 Å². The maximum atomic E-state index is 12.6. The SMILES string of the molecule is CCOc1ccccc1OCC(=O)N1CCN(c2cc(C)c3ccccc3n2)CC1. The molecule has 6 heteroatoms. The standard InChI is InChI=1S/C24H27N3O3/c1-3-29-21-10-6-7-11-22(21)30-17-24(28)27-14-12-26(13-15-27)23-16-18(2)19-8-4-5-9-20(19)25-23/h4-11,16H,3,12-15,17H2,1-2H3. The van der Waals surface area contributed by atoms with E-state index in [-0.39, 0.29) is 12.5 Å². The van der Waals surface area contributed by atoms with Gasteiger partial charge in [0, 0.05) is 31.6 Å². The van der Waals surface area contributed by atoms with Gasteiger partial charge >= 0.3 is 0 Å². The van der Waals surface area contributed by atoms with E-state index in [1.165, 1.54) is 10.9 Å². The molecule has 0 unspecified atom stereocenters. The minimum atomic E-state index is -0.0106. The number of aromatic nitrogens is 1. The van der Waals surface area contributed by atoms with E-state index < -0.39 is 0 Å². The van der Waals surface area contributed by atoms with E-state index in [0.29, 0.717) is 31.2 Å². The molecule has 0 saturated carbocycles. The fourth-order valence-corrected chi connectivity index (χ4v) is 3.75. The molecule has 0 N–H and O–H groups in total. The second-order valence-corrected chi connectivity index (χ2v) is 7.35. The lowest BCUT2D eigenvalue weighted by molar-refractivity contribution is -0.133. The zero-order valence-electron chi connectivity index (χ0n) is 17.5. The average molecular weight is 405 g/mol. The highest BCUT2D eigenvalue weighted by Crippen LogP contribution is 2.26. The Balaban J connectivity index is 1.35. The van der Waals surface area contributed by atoms with E-state index in [4.69, 9.17) is 14.5 Å². The number of nitrogens with zero attached hydrogens (tertiary/aromatic N) is 3. The van der Waals surface area contributed by atoms with Crippen molar-refractivity contribution in [1.29, 1.82) is 0 Å². The van der Waals surface area contributed by atoms with Crippen LogP contribution in [0, 0.1) is 6.92 Å². The van der Waals surface area contributed by atoms with Gasteiger partial charge in [0.15, 0.2) is 18.1 Å². The summed E-state index contributed by atoms with van der Waals surface area (Å²) >= 11 is 0. The number of rotatable bonds is 6. The van der Waals surface area contributed by atoms with Gasteiger partial charge in [0.25, 0.3) is 5.91 Å². The molecule has 156 valence electrons. The summed E-state index contributed by atoms with van der Waals surface area (Å²) in [6.07, 6.45) is 0. The Kier molecular flexibility index (Phi) is 6.02. The third-order valence-electron chi connectivity index (χ3n) is 5.37. The van der Waals surface area contributed by atoms with Crippen molar-refractivity contribution in [2.45, 2.75) is 13.8 Å². The van der Waals surface area contributed by atoms with E-state index in [0.717, 1.165) is 24.4 Å². The molecule has 2 heterocycles. The highest BCUT2D eigenvalue weighted by molar-refractivity contribution is 5.84. The lowest BCUT2D eigenvalue weighted by atomic mass is 10.1. The van der Waals surface area contributed by atoms with Crippen molar-refractivity contribution >= 4 is 22.6 Å². The summed E-state index contributed by atoms with van der Waals surface area (Å²) in [5, 5.41) is 1.18. The van der Waals surface area contributed by atoms with Gasteiger partial charge in [0.1, 0.15) is 5.82 Å². The Bertz CT molecular complexity index is 1030. The van der Waals surface area contributed by atoms with Gasteiger partial charge in [0.2, 0.25) is 0 Å². The van der Waals surface area contributed by atoms with Crippen LogP contribution < -0.4 is 14.4 Å². The van der Waals surface area contributed by atoms with Crippen molar-refractivity contribution in [2.24, 2.45) is 0 Å². The Morgan fingerprint density at radius 3 is 2.37 bits per heavy atom. The minimum absolute atomic E-state index is 0.0106. The molecular formula is C24H27N3O3. The summed E-state index contributed by atoms with van der Waals surface area (Å²) < 4.78 is 11.3. The largest absolute Gasteiger partial charge is 0.490 e. The van der Waals surface area contributed by atoms with Gasteiger partial charge < -0.3 is 19.3 Å². The van der Waals surface area contributed by atoms with Gasteiger partial charge in [-0.05, 0) is 43.7 Å². The first-order chi connectivity index (χ1) is 14.7. The molecule has 0 atom stereocenters. The maximum Gasteiger partial charge on any atom is 0.260 e. The van der Waals surface area contributed by atoms with Crippen LogP contribution in [0.25, 0.3) is 10.9 Å². The van der Waals surface area contributed by atoms with Gasteiger partial charge in [-0.3, -0.25) is 4.79 Å². The average Bonchev–Trinajstić information content (AvgIpc) is 2.78. The number of ether oxygens (including phenoxy) is 2. The van der Waals surface area contributed by atoms with E-state index in [2.05, 4.69) is 24.0 Å². The van der Waals surface area contributed by atoms with Crippen LogP contribution in [0.2, 0.25) is 0 Å². The lowest BCUT2D eigenvalue weighted by Crippen LogP contribution is -2.50. The lowest BCUT2D eigenvalue weighted by Gasteiger charge is -2.35. The van der Waals surface area contributed by atoms with Crippen LogP contribution in [0.3, 0.4) is 0 Å². The molecule has 0 aliphatic carbocycles. The maximum absolute atomic E-state index is 12.6. The summed E-state index contributed by atoms with van der Waals surface area (Å²) in [6.45, 7) is 7.43. The smallest absolute Gasteiger partial charge is 0.260 e.